The summed E-state index contributed by atoms with van der Waals surface area (Å²) in [6.07, 6.45) is 0. The lowest BCUT2D eigenvalue weighted by molar-refractivity contribution is 0.177. The van der Waals surface area contributed by atoms with Crippen LogP contribution in [0.5, 0.6) is 0 Å². The van der Waals surface area contributed by atoms with Crippen molar-refractivity contribution in [3.63, 3.8) is 0 Å². The normalized spacial score (nSPS) is 17.2. The molecule has 0 N–H and O–H groups in total. The molecule has 1 saturated heterocycles. The molecule has 106 valence electrons. The average Bonchev–Trinajstić information content (AvgIpc) is 2.38. The summed E-state index contributed by atoms with van der Waals surface area (Å²) in [5, 5.41) is 0.475. The van der Waals surface area contributed by atoms with E-state index in [0.29, 0.717) is 23.6 Å². The van der Waals surface area contributed by atoms with E-state index in [2.05, 4.69) is 33.6 Å². The molecule has 0 aromatic carbocycles. The maximum Gasteiger partial charge on any atom is 0.158 e. The third-order valence-electron chi connectivity index (χ3n) is 3.37. The second kappa shape index (κ2) is 6.50. The number of methoxy groups -OCH3 is 1. The van der Waals surface area contributed by atoms with Crippen LogP contribution in [0.4, 0.5) is 5.82 Å². The van der Waals surface area contributed by atoms with Gasteiger partial charge in [0.1, 0.15) is 17.6 Å². The molecule has 0 aliphatic carbocycles. The zero-order valence-electron chi connectivity index (χ0n) is 11.8. The van der Waals surface area contributed by atoms with Gasteiger partial charge in [0.15, 0.2) is 5.82 Å². The first-order chi connectivity index (χ1) is 9.10. The van der Waals surface area contributed by atoms with E-state index < -0.39 is 0 Å². The van der Waals surface area contributed by atoms with Gasteiger partial charge < -0.3 is 9.64 Å². The fraction of sp³-hybridized carbons (Fsp3) is 0.692. The van der Waals surface area contributed by atoms with Crippen molar-refractivity contribution in [2.24, 2.45) is 0 Å². The van der Waals surface area contributed by atoms with Gasteiger partial charge in [-0.2, -0.15) is 0 Å². The fourth-order valence-electron chi connectivity index (χ4n) is 2.27. The smallest absolute Gasteiger partial charge is 0.158 e. The van der Waals surface area contributed by atoms with Gasteiger partial charge in [0.2, 0.25) is 0 Å². The molecular formula is C13H21ClN4O. The van der Waals surface area contributed by atoms with Crippen molar-refractivity contribution in [3.8, 4) is 0 Å². The number of nitrogens with zero attached hydrogens (tertiary/aromatic N) is 4. The molecule has 2 rings (SSSR count). The van der Waals surface area contributed by atoms with Gasteiger partial charge in [-0.3, -0.25) is 4.90 Å². The second-order valence-electron chi connectivity index (χ2n) is 5.01. The molecule has 5 nitrogen and oxygen atoms in total. The monoisotopic (exact) mass is 284 g/mol. The van der Waals surface area contributed by atoms with Gasteiger partial charge in [0, 0.05) is 45.4 Å². The van der Waals surface area contributed by atoms with E-state index in [1.807, 2.05) is 6.07 Å². The Morgan fingerprint density at radius 2 is 1.95 bits per heavy atom. The Labute approximate surface area is 119 Å². The van der Waals surface area contributed by atoms with Crippen molar-refractivity contribution in [2.45, 2.75) is 26.5 Å². The molecule has 0 radical (unpaired) electrons. The van der Waals surface area contributed by atoms with Gasteiger partial charge in [-0.25, -0.2) is 9.97 Å². The highest BCUT2D eigenvalue weighted by atomic mass is 35.5. The van der Waals surface area contributed by atoms with Crippen LogP contribution in [0.25, 0.3) is 0 Å². The molecule has 0 unspecified atom stereocenters. The van der Waals surface area contributed by atoms with Crippen molar-refractivity contribution in [2.75, 3.05) is 38.2 Å². The minimum absolute atomic E-state index is 0.388. The van der Waals surface area contributed by atoms with Crippen molar-refractivity contribution >= 4 is 17.4 Å². The van der Waals surface area contributed by atoms with Gasteiger partial charge in [-0.15, -0.1) is 0 Å². The Balaban J connectivity index is 2.06. The van der Waals surface area contributed by atoms with Crippen molar-refractivity contribution in [1.82, 2.24) is 14.9 Å². The summed E-state index contributed by atoms with van der Waals surface area (Å²) in [7, 11) is 1.63. The van der Waals surface area contributed by atoms with Gasteiger partial charge >= 0.3 is 0 Å². The first kappa shape index (κ1) is 14.5. The van der Waals surface area contributed by atoms with E-state index in [1.54, 1.807) is 7.11 Å². The SMILES string of the molecule is COCc1nc(Cl)cc(N2CCN(C(C)C)CC2)n1. The van der Waals surface area contributed by atoms with E-state index in [4.69, 9.17) is 16.3 Å². The van der Waals surface area contributed by atoms with E-state index in [-0.39, 0.29) is 0 Å². The summed E-state index contributed by atoms with van der Waals surface area (Å²) in [6, 6.07) is 2.42. The lowest BCUT2D eigenvalue weighted by Crippen LogP contribution is -2.49. The largest absolute Gasteiger partial charge is 0.377 e. The van der Waals surface area contributed by atoms with Crippen LogP contribution in [0.3, 0.4) is 0 Å². The fourth-order valence-corrected chi connectivity index (χ4v) is 2.47. The van der Waals surface area contributed by atoms with Gasteiger partial charge in [-0.05, 0) is 13.8 Å². The highest BCUT2D eigenvalue weighted by Gasteiger charge is 2.20. The summed E-state index contributed by atoms with van der Waals surface area (Å²) >= 11 is 6.04. The van der Waals surface area contributed by atoms with Crippen molar-refractivity contribution < 1.29 is 4.74 Å². The molecule has 6 heteroatoms. The Kier molecular flexibility index (Phi) is 4.96. The number of rotatable bonds is 4. The molecule has 1 aromatic heterocycles. The molecule has 0 amide bonds. The number of ether oxygens (including phenoxy) is 1. The third kappa shape index (κ3) is 3.78. The Bertz CT molecular complexity index is 419. The maximum absolute atomic E-state index is 6.04. The zero-order valence-corrected chi connectivity index (χ0v) is 12.5. The maximum atomic E-state index is 6.04. The number of piperazine rings is 1. The zero-order chi connectivity index (χ0) is 13.8. The molecule has 1 aromatic rings. The number of halogens is 1. The molecule has 19 heavy (non-hydrogen) atoms. The van der Waals surface area contributed by atoms with E-state index in [1.165, 1.54) is 0 Å². The van der Waals surface area contributed by atoms with Crippen LogP contribution in [0.15, 0.2) is 6.07 Å². The molecule has 0 saturated carbocycles. The first-order valence-electron chi connectivity index (χ1n) is 6.61. The van der Waals surface area contributed by atoms with Gasteiger partial charge in [-0.1, -0.05) is 11.6 Å². The molecule has 2 heterocycles. The first-order valence-corrected chi connectivity index (χ1v) is 6.99. The summed E-state index contributed by atoms with van der Waals surface area (Å²) < 4.78 is 5.06. The highest BCUT2D eigenvalue weighted by molar-refractivity contribution is 6.29. The van der Waals surface area contributed by atoms with Crippen LogP contribution >= 0.6 is 11.6 Å². The highest BCUT2D eigenvalue weighted by Crippen LogP contribution is 2.18. The molecule has 1 aliphatic heterocycles. The van der Waals surface area contributed by atoms with E-state index >= 15 is 0 Å². The predicted molar refractivity (Wildman–Crippen MR) is 76.7 cm³/mol. The quantitative estimate of drug-likeness (QED) is 0.789. The molecular weight excluding hydrogens is 264 g/mol. The molecule has 0 spiro atoms. The minimum atomic E-state index is 0.388. The van der Waals surface area contributed by atoms with E-state index in [0.717, 1.165) is 32.0 Å². The van der Waals surface area contributed by atoms with Gasteiger partial charge in [0.05, 0.1) is 0 Å². The second-order valence-corrected chi connectivity index (χ2v) is 5.40. The van der Waals surface area contributed by atoms with Crippen LogP contribution in [0.1, 0.15) is 19.7 Å². The number of anilines is 1. The summed E-state index contributed by atoms with van der Waals surface area (Å²) in [6.45, 7) is 8.90. The third-order valence-corrected chi connectivity index (χ3v) is 3.56. The van der Waals surface area contributed by atoms with E-state index in [9.17, 15) is 0 Å². The Morgan fingerprint density at radius 3 is 2.53 bits per heavy atom. The molecule has 0 bridgehead atoms. The van der Waals surface area contributed by atoms with Crippen LogP contribution in [-0.2, 0) is 11.3 Å². The summed E-state index contributed by atoms with van der Waals surface area (Å²) in [5.41, 5.74) is 0. The average molecular weight is 285 g/mol. The van der Waals surface area contributed by atoms with Crippen LogP contribution in [0, 0.1) is 0 Å². The predicted octanol–water partition coefficient (Wildman–Crippen LogP) is 1.81. The lowest BCUT2D eigenvalue weighted by atomic mass is 10.2. The lowest BCUT2D eigenvalue weighted by Gasteiger charge is -2.37. The number of hydrogen-bond acceptors (Lipinski definition) is 5. The molecule has 1 fully saturated rings. The topological polar surface area (TPSA) is 41.5 Å². The minimum Gasteiger partial charge on any atom is -0.377 e. The summed E-state index contributed by atoms with van der Waals surface area (Å²) in [5.74, 6) is 1.53. The van der Waals surface area contributed by atoms with Crippen LogP contribution in [-0.4, -0.2) is 54.2 Å². The standard InChI is InChI=1S/C13H21ClN4O/c1-10(2)17-4-6-18(7-5-17)13-8-11(14)15-12(16-13)9-19-3/h8,10H,4-7,9H2,1-3H3. The van der Waals surface area contributed by atoms with Crippen LogP contribution in [0.2, 0.25) is 5.15 Å². The van der Waals surface area contributed by atoms with Gasteiger partial charge in [0.25, 0.3) is 0 Å². The molecule has 1 aliphatic rings. The molecule has 0 atom stereocenters. The van der Waals surface area contributed by atoms with Crippen molar-refractivity contribution in [3.05, 3.63) is 17.0 Å². The Morgan fingerprint density at radius 1 is 1.26 bits per heavy atom. The number of aromatic nitrogens is 2. The summed E-state index contributed by atoms with van der Waals surface area (Å²) in [4.78, 5) is 13.4. The van der Waals surface area contributed by atoms with Crippen molar-refractivity contribution in [1.29, 1.82) is 0 Å². The van der Waals surface area contributed by atoms with Crippen LogP contribution < -0.4 is 4.90 Å². The number of hydrogen-bond donors (Lipinski definition) is 0. The Hall–Kier alpha value is -0.910.